The fourth-order valence-electron chi connectivity index (χ4n) is 3.74. The second-order valence-corrected chi connectivity index (χ2v) is 6.56. The van der Waals surface area contributed by atoms with Crippen LogP contribution in [0.15, 0.2) is 0 Å². The number of hydrogen-bond donors (Lipinski definition) is 1. The molecule has 4 atom stereocenters. The Kier molecular flexibility index (Phi) is 4.14. The number of rotatable bonds is 4. The Hall–Kier alpha value is -0.0800. The molecule has 0 bridgehead atoms. The van der Waals surface area contributed by atoms with E-state index in [1.165, 1.54) is 38.5 Å². The highest BCUT2D eigenvalue weighted by Crippen LogP contribution is 2.43. The van der Waals surface area contributed by atoms with Gasteiger partial charge in [0.15, 0.2) is 0 Å². The minimum atomic E-state index is 0.310. The zero-order valence-corrected chi connectivity index (χ0v) is 12.0. The molecule has 2 saturated carbocycles. The lowest BCUT2D eigenvalue weighted by molar-refractivity contribution is -0.103. The molecule has 2 heteroatoms. The van der Waals surface area contributed by atoms with E-state index in [0.29, 0.717) is 17.6 Å². The van der Waals surface area contributed by atoms with Crippen LogP contribution in [-0.2, 0) is 4.74 Å². The zero-order valence-electron chi connectivity index (χ0n) is 12.0. The molecule has 0 heterocycles. The molecule has 17 heavy (non-hydrogen) atoms. The predicted molar refractivity (Wildman–Crippen MR) is 72.2 cm³/mol. The number of ether oxygens (including phenoxy) is 1. The molecular formula is C15H29NO. The molecule has 0 aliphatic heterocycles. The van der Waals surface area contributed by atoms with Crippen molar-refractivity contribution in [3.8, 4) is 0 Å². The van der Waals surface area contributed by atoms with Gasteiger partial charge in [-0.2, -0.15) is 0 Å². The Morgan fingerprint density at radius 3 is 2.53 bits per heavy atom. The molecule has 0 aromatic carbocycles. The van der Waals surface area contributed by atoms with Crippen molar-refractivity contribution < 1.29 is 4.74 Å². The van der Waals surface area contributed by atoms with Crippen LogP contribution in [0.25, 0.3) is 0 Å². The summed E-state index contributed by atoms with van der Waals surface area (Å²) in [6, 6.07) is 1.42. The maximum Gasteiger partial charge on any atom is 0.0652 e. The van der Waals surface area contributed by atoms with Gasteiger partial charge in [-0.3, -0.25) is 0 Å². The van der Waals surface area contributed by atoms with Gasteiger partial charge in [-0.15, -0.1) is 0 Å². The normalized spacial score (nSPS) is 40.9. The van der Waals surface area contributed by atoms with Gasteiger partial charge in [-0.1, -0.05) is 40.0 Å². The lowest BCUT2D eigenvalue weighted by Gasteiger charge is -2.53. The van der Waals surface area contributed by atoms with E-state index in [-0.39, 0.29) is 0 Å². The van der Waals surface area contributed by atoms with Crippen molar-refractivity contribution in [1.82, 2.24) is 5.32 Å². The maximum absolute atomic E-state index is 5.53. The molecule has 100 valence electrons. The van der Waals surface area contributed by atoms with Crippen LogP contribution in [0.3, 0.4) is 0 Å². The molecule has 2 aliphatic carbocycles. The topological polar surface area (TPSA) is 21.3 Å². The van der Waals surface area contributed by atoms with Gasteiger partial charge < -0.3 is 10.1 Å². The van der Waals surface area contributed by atoms with Gasteiger partial charge >= 0.3 is 0 Å². The molecule has 2 rings (SSSR count). The third-order valence-electron chi connectivity index (χ3n) is 5.31. The van der Waals surface area contributed by atoms with Crippen molar-refractivity contribution in [1.29, 1.82) is 0 Å². The average Bonchev–Trinajstić information content (AvgIpc) is 2.34. The largest absolute Gasteiger partial charge is 0.381 e. The van der Waals surface area contributed by atoms with E-state index >= 15 is 0 Å². The van der Waals surface area contributed by atoms with Crippen LogP contribution in [0.4, 0.5) is 0 Å². The van der Waals surface area contributed by atoms with Crippen molar-refractivity contribution >= 4 is 0 Å². The molecule has 2 nitrogen and oxygen atoms in total. The van der Waals surface area contributed by atoms with Crippen molar-refractivity contribution in [2.45, 2.75) is 77.5 Å². The summed E-state index contributed by atoms with van der Waals surface area (Å²) in [4.78, 5) is 0. The van der Waals surface area contributed by atoms with Crippen molar-refractivity contribution in [2.24, 2.45) is 11.3 Å². The van der Waals surface area contributed by atoms with E-state index in [9.17, 15) is 0 Å². The van der Waals surface area contributed by atoms with Crippen LogP contribution < -0.4 is 5.32 Å². The van der Waals surface area contributed by atoms with Crippen LogP contribution in [0, 0.1) is 11.3 Å². The lowest BCUT2D eigenvalue weighted by atomic mass is 9.63. The number of hydrogen-bond acceptors (Lipinski definition) is 2. The summed E-state index contributed by atoms with van der Waals surface area (Å²) in [6.45, 7) is 7.02. The highest BCUT2D eigenvalue weighted by atomic mass is 16.5. The summed E-state index contributed by atoms with van der Waals surface area (Å²) in [6.07, 6.45) is 8.62. The third kappa shape index (κ3) is 2.53. The standard InChI is InChI=1S/C15H29NO/c1-5-11-8-6-7-9-12(11)16-13-10-14(17-4)15(13,2)3/h11-14,16H,5-10H2,1-4H3. The molecule has 0 saturated heterocycles. The minimum absolute atomic E-state index is 0.310. The van der Waals surface area contributed by atoms with Crippen LogP contribution in [0.2, 0.25) is 0 Å². The molecule has 4 unspecified atom stereocenters. The number of methoxy groups -OCH3 is 1. The van der Waals surface area contributed by atoms with Crippen LogP contribution >= 0.6 is 0 Å². The fourth-order valence-corrected chi connectivity index (χ4v) is 3.74. The summed E-state index contributed by atoms with van der Waals surface area (Å²) in [5, 5.41) is 3.93. The van der Waals surface area contributed by atoms with Crippen LogP contribution in [0.5, 0.6) is 0 Å². The Morgan fingerprint density at radius 2 is 1.94 bits per heavy atom. The summed E-state index contributed by atoms with van der Waals surface area (Å²) in [5.41, 5.74) is 0.310. The van der Waals surface area contributed by atoms with E-state index in [2.05, 4.69) is 26.1 Å². The van der Waals surface area contributed by atoms with Gasteiger partial charge in [0.05, 0.1) is 6.10 Å². The first-order valence-electron chi connectivity index (χ1n) is 7.38. The van der Waals surface area contributed by atoms with E-state index < -0.39 is 0 Å². The van der Waals surface area contributed by atoms with Crippen molar-refractivity contribution in [3.05, 3.63) is 0 Å². The van der Waals surface area contributed by atoms with Gasteiger partial charge in [-0.05, 0) is 25.2 Å². The van der Waals surface area contributed by atoms with Crippen LogP contribution in [0.1, 0.15) is 59.3 Å². The SMILES string of the molecule is CCC1CCCCC1NC1CC(OC)C1(C)C. The first kappa shape index (κ1) is 13.4. The molecule has 2 aliphatic rings. The first-order valence-corrected chi connectivity index (χ1v) is 7.38. The predicted octanol–water partition coefficient (Wildman–Crippen LogP) is 3.36. The second-order valence-electron chi connectivity index (χ2n) is 6.56. The van der Waals surface area contributed by atoms with Gasteiger partial charge in [0.25, 0.3) is 0 Å². The smallest absolute Gasteiger partial charge is 0.0652 e. The molecular weight excluding hydrogens is 210 g/mol. The monoisotopic (exact) mass is 239 g/mol. The van der Waals surface area contributed by atoms with Gasteiger partial charge in [-0.25, -0.2) is 0 Å². The molecule has 0 aromatic rings. The Bertz CT molecular complexity index is 251. The molecule has 0 aromatic heterocycles. The number of nitrogens with one attached hydrogen (secondary N) is 1. The Morgan fingerprint density at radius 1 is 1.24 bits per heavy atom. The van der Waals surface area contributed by atoms with E-state index in [1.807, 2.05) is 7.11 Å². The molecule has 0 radical (unpaired) electrons. The molecule has 1 N–H and O–H groups in total. The molecule has 0 spiro atoms. The van der Waals surface area contributed by atoms with E-state index in [1.54, 1.807) is 0 Å². The quantitative estimate of drug-likeness (QED) is 0.812. The summed E-state index contributed by atoms with van der Waals surface area (Å²) >= 11 is 0. The molecule has 2 fully saturated rings. The summed E-state index contributed by atoms with van der Waals surface area (Å²) in [5.74, 6) is 0.904. The second kappa shape index (κ2) is 5.27. The third-order valence-corrected chi connectivity index (χ3v) is 5.31. The average molecular weight is 239 g/mol. The van der Waals surface area contributed by atoms with Crippen LogP contribution in [-0.4, -0.2) is 25.3 Å². The van der Waals surface area contributed by atoms with E-state index in [4.69, 9.17) is 4.74 Å². The van der Waals surface area contributed by atoms with E-state index in [0.717, 1.165) is 12.0 Å². The Labute approximate surface area is 107 Å². The van der Waals surface area contributed by atoms with Gasteiger partial charge in [0, 0.05) is 24.6 Å². The fraction of sp³-hybridized carbons (Fsp3) is 1.00. The summed E-state index contributed by atoms with van der Waals surface area (Å²) in [7, 11) is 1.85. The van der Waals surface area contributed by atoms with Gasteiger partial charge in [0.1, 0.15) is 0 Å². The Balaban J connectivity index is 1.88. The highest BCUT2D eigenvalue weighted by Gasteiger charge is 2.49. The van der Waals surface area contributed by atoms with Crippen molar-refractivity contribution in [3.63, 3.8) is 0 Å². The summed E-state index contributed by atoms with van der Waals surface area (Å²) < 4.78 is 5.53. The van der Waals surface area contributed by atoms with Gasteiger partial charge in [0.2, 0.25) is 0 Å². The molecule has 0 amide bonds. The first-order chi connectivity index (χ1) is 8.09. The maximum atomic E-state index is 5.53. The van der Waals surface area contributed by atoms with Crippen molar-refractivity contribution in [2.75, 3.05) is 7.11 Å². The highest BCUT2D eigenvalue weighted by molar-refractivity contribution is 5.04. The lowest BCUT2D eigenvalue weighted by Crippen LogP contribution is -2.63. The minimum Gasteiger partial charge on any atom is -0.381 e. The zero-order chi connectivity index (χ0) is 12.5.